The Morgan fingerprint density at radius 3 is 2.40 bits per heavy atom. The molecule has 1 aliphatic heterocycles. The first-order chi connectivity index (χ1) is 7.17. The first kappa shape index (κ1) is 12.9. The van der Waals surface area contributed by atoms with Crippen LogP contribution in [0.25, 0.3) is 0 Å². The van der Waals surface area contributed by atoms with E-state index in [2.05, 4.69) is 24.1 Å². The van der Waals surface area contributed by atoms with Gasteiger partial charge in [0.2, 0.25) is 0 Å². The monoisotopic (exact) mass is 214 g/mol. The number of likely N-dealkylation sites (tertiary alicyclic amines) is 1. The number of ether oxygens (including phenoxy) is 1. The highest BCUT2D eigenvalue weighted by atomic mass is 16.5. The SMILES string of the molecule is CNCC(COC)N1CC(C)CC(C)C1. The normalized spacial score (nSPS) is 30.4. The van der Waals surface area contributed by atoms with E-state index in [0.29, 0.717) is 6.04 Å². The van der Waals surface area contributed by atoms with Crippen LogP contribution in [0.2, 0.25) is 0 Å². The summed E-state index contributed by atoms with van der Waals surface area (Å²) in [5.74, 6) is 1.65. The van der Waals surface area contributed by atoms with Gasteiger partial charge in [-0.2, -0.15) is 0 Å². The summed E-state index contributed by atoms with van der Waals surface area (Å²) in [7, 11) is 3.80. The molecule has 0 amide bonds. The Morgan fingerprint density at radius 2 is 1.93 bits per heavy atom. The van der Waals surface area contributed by atoms with Crippen LogP contribution in [0.15, 0.2) is 0 Å². The number of likely N-dealkylation sites (N-methyl/N-ethyl adjacent to an activating group) is 1. The molecule has 15 heavy (non-hydrogen) atoms. The summed E-state index contributed by atoms with van der Waals surface area (Å²) in [6.07, 6.45) is 1.37. The van der Waals surface area contributed by atoms with Gasteiger partial charge in [-0.3, -0.25) is 4.90 Å². The van der Waals surface area contributed by atoms with E-state index in [1.54, 1.807) is 7.11 Å². The van der Waals surface area contributed by atoms with Crippen molar-refractivity contribution in [1.29, 1.82) is 0 Å². The van der Waals surface area contributed by atoms with Gasteiger partial charge < -0.3 is 10.1 Å². The maximum absolute atomic E-state index is 5.30. The minimum Gasteiger partial charge on any atom is -0.383 e. The van der Waals surface area contributed by atoms with Gasteiger partial charge in [-0.05, 0) is 25.3 Å². The Bertz CT molecular complexity index is 159. The van der Waals surface area contributed by atoms with E-state index < -0.39 is 0 Å². The molecule has 1 rings (SSSR count). The smallest absolute Gasteiger partial charge is 0.0630 e. The van der Waals surface area contributed by atoms with Crippen LogP contribution in [-0.4, -0.2) is 51.3 Å². The van der Waals surface area contributed by atoms with E-state index in [1.165, 1.54) is 19.5 Å². The fraction of sp³-hybridized carbons (Fsp3) is 1.00. The van der Waals surface area contributed by atoms with Gasteiger partial charge in [-0.1, -0.05) is 13.8 Å². The standard InChI is InChI=1S/C12H26N2O/c1-10-5-11(2)8-14(7-10)12(6-13-3)9-15-4/h10-13H,5-9H2,1-4H3. The highest BCUT2D eigenvalue weighted by Gasteiger charge is 2.26. The Balaban J connectivity index is 2.49. The molecule has 0 aromatic carbocycles. The molecule has 0 saturated carbocycles. The summed E-state index contributed by atoms with van der Waals surface area (Å²) in [6, 6.07) is 0.533. The number of nitrogens with zero attached hydrogens (tertiary/aromatic N) is 1. The molecule has 0 aliphatic carbocycles. The average Bonchev–Trinajstić information content (AvgIpc) is 2.16. The summed E-state index contributed by atoms with van der Waals surface area (Å²) in [5.41, 5.74) is 0. The Morgan fingerprint density at radius 1 is 1.33 bits per heavy atom. The highest BCUT2D eigenvalue weighted by Crippen LogP contribution is 2.22. The second-order valence-corrected chi connectivity index (χ2v) is 5.07. The van der Waals surface area contributed by atoms with E-state index in [-0.39, 0.29) is 0 Å². The first-order valence-corrected chi connectivity index (χ1v) is 6.05. The van der Waals surface area contributed by atoms with Crippen molar-refractivity contribution in [3.05, 3.63) is 0 Å². The minimum absolute atomic E-state index is 0.533. The molecular formula is C12H26N2O. The zero-order chi connectivity index (χ0) is 11.3. The Labute approximate surface area is 94.2 Å². The van der Waals surface area contributed by atoms with E-state index in [1.807, 2.05) is 7.05 Å². The summed E-state index contributed by atoms with van der Waals surface area (Å²) in [5, 5.41) is 3.26. The fourth-order valence-corrected chi connectivity index (χ4v) is 2.73. The summed E-state index contributed by atoms with van der Waals surface area (Å²) in [4.78, 5) is 2.58. The van der Waals surface area contributed by atoms with Crippen molar-refractivity contribution in [3.8, 4) is 0 Å². The molecular weight excluding hydrogens is 188 g/mol. The van der Waals surface area contributed by atoms with Crippen LogP contribution < -0.4 is 5.32 Å². The first-order valence-electron chi connectivity index (χ1n) is 6.05. The summed E-state index contributed by atoms with van der Waals surface area (Å²) in [6.45, 7) is 9.01. The van der Waals surface area contributed by atoms with Crippen LogP contribution in [0.1, 0.15) is 20.3 Å². The molecule has 1 aliphatic rings. The Hall–Kier alpha value is -0.120. The van der Waals surface area contributed by atoms with Gasteiger partial charge in [-0.15, -0.1) is 0 Å². The molecule has 0 radical (unpaired) electrons. The van der Waals surface area contributed by atoms with Gasteiger partial charge in [0.05, 0.1) is 6.61 Å². The largest absolute Gasteiger partial charge is 0.383 e. The van der Waals surface area contributed by atoms with E-state index >= 15 is 0 Å². The van der Waals surface area contributed by atoms with Gasteiger partial charge >= 0.3 is 0 Å². The third-order valence-electron chi connectivity index (χ3n) is 3.21. The maximum atomic E-state index is 5.30. The minimum atomic E-state index is 0.533. The second-order valence-electron chi connectivity index (χ2n) is 5.07. The van der Waals surface area contributed by atoms with E-state index in [9.17, 15) is 0 Å². The van der Waals surface area contributed by atoms with Crippen molar-refractivity contribution in [2.45, 2.75) is 26.3 Å². The third-order valence-corrected chi connectivity index (χ3v) is 3.21. The molecule has 0 spiro atoms. The lowest BCUT2D eigenvalue weighted by atomic mass is 9.91. The van der Waals surface area contributed by atoms with Crippen molar-refractivity contribution >= 4 is 0 Å². The van der Waals surface area contributed by atoms with Gasteiger partial charge in [0.1, 0.15) is 0 Å². The lowest BCUT2D eigenvalue weighted by molar-refractivity contribution is 0.0456. The molecule has 1 saturated heterocycles. The molecule has 3 nitrogen and oxygen atoms in total. The van der Waals surface area contributed by atoms with Crippen LogP contribution in [0.4, 0.5) is 0 Å². The van der Waals surface area contributed by atoms with Gasteiger partial charge in [0.25, 0.3) is 0 Å². The van der Waals surface area contributed by atoms with E-state index in [0.717, 1.165) is 25.0 Å². The molecule has 3 heteroatoms. The molecule has 3 atom stereocenters. The molecule has 0 aromatic rings. The quantitative estimate of drug-likeness (QED) is 0.744. The number of rotatable bonds is 5. The number of nitrogens with one attached hydrogen (secondary N) is 1. The summed E-state index contributed by atoms with van der Waals surface area (Å²) < 4.78 is 5.30. The molecule has 1 N–H and O–H groups in total. The molecule has 0 bridgehead atoms. The number of piperidine rings is 1. The number of hydrogen-bond donors (Lipinski definition) is 1. The fourth-order valence-electron chi connectivity index (χ4n) is 2.73. The lowest BCUT2D eigenvalue weighted by Gasteiger charge is -2.39. The predicted octanol–water partition coefficient (Wildman–Crippen LogP) is 1.20. The van der Waals surface area contributed by atoms with Gasteiger partial charge in [-0.25, -0.2) is 0 Å². The zero-order valence-corrected chi connectivity index (χ0v) is 10.6. The van der Waals surface area contributed by atoms with Gasteiger partial charge in [0.15, 0.2) is 0 Å². The number of hydrogen-bond acceptors (Lipinski definition) is 3. The lowest BCUT2D eigenvalue weighted by Crippen LogP contribution is -2.50. The van der Waals surface area contributed by atoms with Crippen LogP contribution in [0.5, 0.6) is 0 Å². The van der Waals surface area contributed by atoms with Crippen LogP contribution >= 0.6 is 0 Å². The predicted molar refractivity (Wildman–Crippen MR) is 64.1 cm³/mol. The molecule has 90 valence electrons. The Kier molecular flexibility index (Phi) is 5.58. The van der Waals surface area contributed by atoms with Crippen molar-refractivity contribution in [2.24, 2.45) is 11.8 Å². The van der Waals surface area contributed by atoms with Gasteiger partial charge in [0, 0.05) is 32.8 Å². The zero-order valence-electron chi connectivity index (χ0n) is 10.6. The maximum Gasteiger partial charge on any atom is 0.0630 e. The third kappa shape index (κ3) is 4.09. The van der Waals surface area contributed by atoms with E-state index in [4.69, 9.17) is 4.74 Å². The molecule has 3 unspecified atom stereocenters. The molecule has 1 fully saturated rings. The summed E-state index contributed by atoms with van der Waals surface area (Å²) >= 11 is 0. The second kappa shape index (κ2) is 6.46. The van der Waals surface area contributed by atoms with Crippen LogP contribution in [0.3, 0.4) is 0 Å². The molecule has 0 aromatic heterocycles. The number of methoxy groups -OCH3 is 1. The van der Waals surface area contributed by atoms with Crippen molar-refractivity contribution in [3.63, 3.8) is 0 Å². The highest BCUT2D eigenvalue weighted by molar-refractivity contribution is 4.81. The van der Waals surface area contributed by atoms with Crippen molar-refractivity contribution in [1.82, 2.24) is 10.2 Å². The van der Waals surface area contributed by atoms with Crippen LogP contribution in [0, 0.1) is 11.8 Å². The van der Waals surface area contributed by atoms with Crippen molar-refractivity contribution in [2.75, 3.05) is 40.4 Å². The molecule has 1 heterocycles. The van der Waals surface area contributed by atoms with Crippen LogP contribution in [-0.2, 0) is 4.74 Å². The van der Waals surface area contributed by atoms with Crippen molar-refractivity contribution < 1.29 is 4.74 Å². The average molecular weight is 214 g/mol. The topological polar surface area (TPSA) is 24.5 Å².